The number of hydrogen-bond acceptors (Lipinski definition) is 4. The maximum absolute atomic E-state index is 12.9. The SMILES string of the molecule is Cc1cc(C(=O)N(C)CC(=O)Nc2ccccc2Br)c2c(=O)[nH]n(C)c2n1. The number of anilines is 1. The lowest BCUT2D eigenvalue weighted by molar-refractivity contribution is -0.116. The van der Waals surface area contributed by atoms with Crippen LogP contribution >= 0.6 is 15.9 Å². The normalized spacial score (nSPS) is 10.8. The molecular formula is C18H18BrN5O3. The van der Waals surface area contributed by atoms with Crippen LogP contribution < -0.4 is 10.9 Å². The van der Waals surface area contributed by atoms with Crippen LogP contribution in [-0.4, -0.2) is 45.1 Å². The number of benzene rings is 1. The standard InChI is InChI=1S/C18H18BrN5O3/c1-10-8-11(15-16(20-10)24(3)22-17(15)26)18(27)23(2)9-14(25)21-13-7-5-4-6-12(13)19/h4-8H,9H2,1-3H3,(H,21,25)(H,22,26). The molecule has 0 radical (unpaired) electrons. The number of H-pyrrole nitrogens is 1. The molecule has 0 fully saturated rings. The zero-order chi connectivity index (χ0) is 19.7. The smallest absolute Gasteiger partial charge is 0.274 e. The van der Waals surface area contributed by atoms with E-state index in [0.717, 1.165) is 4.47 Å². The van der Waals surface area contributed by atoms with E-state index in [-0.39, 0.29) is 23.4 Å². The van der Waals surface area contributed by atoms with E-state index in [4.69, 9.17) is 0 Å². The molecule has 8 nitrogen and oxygen atoms in total. The predicted octanol–water partition coefficient (Wildman–Crippen LogP) is 2.04. The number of likely N-dealkylation sites (N-methyl/N-ethyl adjacent to an activating group) is 1. The van der Waals surface area contributed by atoms with Gasteiger partial charge in [-0.3, -0.25) is 24.2 Å². The number of nitrogens with zero attached hydrogens (tertiary/aromatic N) is 3. The van der Waals surface area contributed by atoms with Crippen molar-refractivity contribution in [2.24, 2.45) is 7.05 Å². The summed E-state index contributed by atoms with van der Waals surface area (Å²) < 4.78 is 2.22. The highest BCUT2D eigenvalue weighted by Crippen LogP contribution is 2.21. The molecule has 2 aromatic heterocycles. The lowest BCUT2D eigenvalue weighted by atomic mass is 10.1. The first-order valence-electron chi connectivity index (χ1n) is 8.14. The average molecular weight is 432 g/mol. The molecule has 3 rings (SSSR count). The van der Waals surface area contributed by atoms with Crippen LogP contribution in [-0.2, 0) is 11.8 Å². The molecule has 1 aromatic carbocycles. The van der Waals surface area contributed by atoms with Gasteiger partial charge in [-0.2, -0.15) is 0 Å². The van der Waals surface area contributed by atoms with Gasteiger partial charge in [0, 0.05) is 24.3 Å². The maximum atomic E-state index is 12.9. The summed E-state index contributed by atoms with van der Waals surface area (Å²) in [5, 5.41) is 5.56. The van der Waals surface area contributed by atoms with Gasteiger partial charge in [-0.05, 0) is 41.1 Å². The topological polar surface area (TPSA) is 100 Å². The summed E-state index contributed by atoms with van der Waals surface area (Å²) in [7, 11) is 3.17. The Morgan fingerprint density at radius 1 is 1.33 bits per heavy atom. The largest absolute Gasteiger partial charge is 0.332 e. The van der Waals surface area contributed by atoms with Crippen LogP contribution in [0.2, 0.25) is 0 Å². The van der Waals surface area contributed by atoms with E-state index in [1.54, 1.807) is 32.2 Å². The van der Waals surface area contributed by atoms with Gasteiger partial charge >= 0.3 is 0 Å². The number of nitrogens with one attached hydrogen (secondary N) is 2. The number of carbonyl (C=O) groups is 2. The van der Waals surface area contributed by atoms with E-state index in [9.17, 15) is 14.4 Å². The summed E-state index contributed by atoms with van der Waals surface area (Å²) in [4.78, 5) is 42.9. The highest BCUT2D eigenvalue weighted by atomic mass is 79.9. The third-order valence-electron chi connectivity index (χ3n) is 4.05. The first-order chi connectivity index (χ1) is 12.8. The first kappa shape index (κ1) is 18.8. The molecule has 2 amide bonds. The van der Waals surface area contributed by atoms with Crippen molar-refractivity contribution >= 4 is 44.5 Å². The first-order valence-corrected chi connectivity index (χ1v) is 8.93. The Kier molecular flexibility index (Phi) is 5.13. The van der Waals surface area contributed by atoms with Crippen molar-refractivity contribution in [1.82, 2.24) is 19.7 Å². The van der Waals surface area contributed by atoms with Crippen molar-refractivity contribution in [1.29, 1.82) is 0 Å². The molecule has 2 heterocycles. The van der Waals surface area contributed by atoms with Gasteiger partial charge in [0.05, 0.1) is 23.2 Å². The van der Waals surface area contributed by atoms with Crippen molar-refractivity contribution in [2.45, 2.75) is 6.92 Å². The number of rotatable bonds is 4. The molecule has 0 saturated heterocycles. The zero-order valence-corrected chi connectivity index (χ0v) is 16.6. The van der Waals surface area contributed by atoms with E-state index in [2.05, 4.69) is 31.3 Å². The quantitative estimate of drug-likeness (QED) is 0.659. The molecule has 3 aromatic rings. The number of para-hydroxylation sites is 1. The fourth-order valence-corrected chi connectivity index (χ4v) is 3.18. The Bertz CT molecular complexity index is 1100. The highest BCUT2D eigenvalue weighted by molar-refractivity contribution is 9.10. The molecule has 0 aliphatic rings. The Morgan fingerprint density at radius 2 is 2.04 bits per heavy atom. The van der Waals surface area contributed by atoms with Gasteiger partial charge in [0.15, 0.2) is 5.65 Å². The molecule has 0 atom stereocenters. The monoisotopic (exact) mass is 431 g/mol. The van der Waals surface area contributed by atoms with E-state index < -0.39 is 11.5 Å². The number of fused-ring (bicyclic) bond motifs is 1. The van der Waals surface area contributed by atoms with E-state index in [1.807, 2.05) is 12.1 Å². The van der Waals surface area contributed by atoms with Crippen LogP contribution in [0.15, 0.2) is 39.6 Å². The van der Waals surface area contributed by atoms with Crippen LogP contribution in [0.4, 0.5) is 5.69 Å². The number of hydrogen-bond donors (Lipinski definition) is 2. The van der Waals surface area contributed by atoms with Crippen molar-refractivity contribution < 1.29 is 9.59 Å². The van der Waals surface area contributed by atoms with E-state index in [1.165, 1.54) is 16.6 Å². The summed E-state index contributed by atoms with van der Waals surface area (Å²) in [5.74, 6) is -0.772. The minimum atomic E-state index is -0.426. The molecule has 0 spiro atoms. The number of halogens is 1. The molecule has 140 valence electrons. The van der Waals surface area contributed by atoms with Gasteiger partial charge < -0.3 is 10.2 Å². The molecule has 0 bridgehead atoms. The number of pyridine rings is 1. The molecular weight excluding hydrogens is 414 g/mol. The number of amides is 2. The summed E-state index contributed by atoms with van der Waals surface area (Å²) >= 11 is 3.36. The van der Waals surface area contributed by atoms with Gasteiger partial charge in [-0.25, -0.2) is 4.98 Å². The maximum Gasteiger partial charge on any atom is 0.274 e. The second-order valence-corrected chi connectivity index (χ2v) is 7.05. The lowest BCUT2D eigenvalue weighted by Crippen LogP contribution is -2.35. The number of aryl methyl sites for hydroxylation is 2. The fraction of sp³-hybridized carbons (Fsp3) is 0.222. The third kappa shape index (κ3) is 3.77. The number of aromatic nitrogens is 3. The highest BCUT2D eigenvalue weighted by Gasteiger charge is 2.22. The molecule has 27 heavy (non-hydrogen) atoms. The summed E-state index contributed by atoms with van der Waals surface area (Å²) in [6, 6.07) is 8.75. The fourth-order valence-electron chi connectivity index (χ4n) is 2.80. The van der Waals surface area contributed by atoms with Crippen LogP contribution in [0.3, 0.4) is 0 Å². The summed E-state index contributed by atoms with van der Waals surface area (Å²) in [6.45, 7) is 1.58. The van der Waals surface area contributed by atoms with Gasteiger partial charge in [-0.1, -0.05) is 12.1 Å². The average Bonchev–Trinajstić information content (AvgIpc) is 2.89. The second-order valence-electron chi connectivity index (χ2n) is 6.20. The van der Waals surface area contributed by atoms with Gasteiger partial charge in [0.25, 0.3) is 11.5 Å². The molecule has 0 aliphatic heterocycles. The Morgan fingerprint density at radius 3 is 2.74 bits per heavy atom. The van der Waals surface area contributed by atoms with Crippen molar-refractivity contribution in [3.63, 3.8) is 0 Å². The van der Waals surface area contributed by atoms with Crippen LogP contribution in [0.1, 0.15) is 16.1 Å². The van der Waals surface area contributed by atoms with Crippen LogP contribution in [0, 0.1) is 6.92 Å². The summed E-state index contributed by atoms with van der Waals surface area (Å²) in [5.41, 5.74) is 1.44. The lowest BCUT2D eigenvalue weighted by Gasteiger charge is -2.17. The van der Waals surface area contributed by atoms with Gasteiger partial charge in [-0.15, -0.1) is 0 Å². The predicted molar refractivity (Wildman–Crippen MR) is 106 cm³/mol. The molecule has 0 saturated carbocycles. The van der Waals surface area contributed by atoms with E-state index in [0.29, 0.717) is 17.0 Å². The zero-order valence-electron chi connectivity index (χ0n) is 15.0. The van der Waals surface area contributed by atoms with Crippen LogP contribution in [0.25, 0.3) is 11.0 Å². The van der Waals surface area contributed by atoms with E-state index >= 15 is 0 Å². The van der Waals surface area contributed by atoms with Crippen molar-refractivity contribution in [2.75, 3.05) is 18.9 Å². The number of aromatic amines is 1. The van der Waals surface area contributed by atoms with Crippen LogP contribution in [0.5, 0.6) is 0 Å². The van der Waals surface area contributed by atoms with Gasteiger partial charge in [0.1, 0.15) is 0 Å². The molecule has 0 aliphatic carbocycles. The molecule has 2 N–H and O–H groups in total. The van der Waals surface area contributed by atoms with Gasteiger partial charge in [0.2, 0.25) is 5.91 Å². The minimum absolute atomic E-state index is 0.159. The molecule has 0 unspecified atom stereocenters. The second kappa shape index (κ2) is 7.36. The van der Waals surface area contributed by atoms with Crippen molar-refractivity contribution in [3.05, 3.63) is 56.4 Å². The molecule has 9 heteroatoms. The third-order valence-corrected chi connectivity index (χ3v) is 4.74. The Balaban J connectivity index is 1.84. The summed E-state index contributed by atoms with van der Waals surface area (Å²) in [6.07, 6.45) is 0. The Labute approximate surface area is 163 Å². The minimum Gasteiger partial charge on any atom is -0.332 e. The number of carbonyl (C=O) groups excluding carboxylic acids is 2. The van der Waals surface area contributed by atoms with Crippen molar-refractivity contribution in [3.8, 4) is 0 Å². The Hall–Kier alpha value is -2.94.